The van der Waals surface area contributed by atoms with E-state index in [1.54, 1.807) is 19.6 Å². The van der Waals surface area contributed by atoms with E-state index in [4.69, 9.17) is 4.74 Å². The third-order valence-corrected chi connectivity index (χ3v) is 3.73. The average Bonchev–Trinajstić information content (AvgIpc) is 2.19. The molecule has 0 amide bonds. The molecule has 1 aromatic rings. The first-order chi connectivity index (χ1) is 7.26. The minimum atomic E-state index is 0.0357. The highest BCUT2D eigenvalue weighted by molar-refractivity contribution is 14.1. The molecule has 1 aliphatic rings. The standard InChI is InChI=1S/C10H14IN3O/c1-15-10(3-2-4-10)6-13-9-8(11)5-12-7-14-9/h5,7H,2-4,6H2,1H3,(H,12,13,14). The lowest BCUT2D eigenvalue weighted by Gasteiger charge is -2.40. The van der Waals surface area contributed by atoms with E-state index in [2.05, 4.69) is 37.9 Å². The second kappa shape index (κ2) is 4.61. The predicted molar refractivity (Wildman–Crippen MR) is 66.8 cm³/mol. The Morgan fingerprint density at radius 3 is 2.93 bits per heavy atom. The molecule has 4 nitrogen and oxygen atoms in total. The molecule has 82 valence electrons. The molecule has 1 N–H and O–H groups in total. The fraction of sp³-hybridized carbons (Fsp3) is 0.600. The summed E-state index contributed by atoms with van der Waals surface area (Å²) in [6.07, 6.45) is 6.90. The Bertz CT molecular complexity index is 336. The number of hydrogen-bond donors (Lipinski definition) is 1. The van der Waals surface area contributed by atoms with E-state index in [1.165, 1.54) is 6.42 Å². The van der Waals surface area contributed by atoms with Gasteiger partial charge in [0.1, 0.15) is 12.1 Å². The first-order valence-electron chi connectivity index (χ1n) is 5.00. The van der Waals surface area contributed by atoms with Crippen molar-refractivity contribution in [3.8, 4) is 0 Å². The van der Waals surface area contributed by atoms with Crippen LogP contribution in [-0.4, -0.2) is 29.2 Å². The van der Waals surface area contributed by atoms with Gasteiger partial charge in [-0.3, -0.25) is 0 Å². The van der Waals surface area contributed by atoms with Crippen LogP contribution in [0.5, 0.6) is 0 Å². The van der Waals surface area contributed by atoms with E-state index in [-0.39, 0.29) is 5.60 Å². The highest BCUT2D eigenvalue weighted by atomic mass is 127. The lowest BCUT2D eigenvalue weighted by molar-refractivity contribution is -0.0601. The first-order valence-corrected chi connectivity index (χ1v) is 6.08. The molecular formula is C10H14IN3O. The molecule has 1 aliphatic carbocycles. The summed E-state index contributed by atoms with van der Waals surface area (Å²) >= 11 is 2.23. The molecule has 0 aliphatic heterocycles. The van der Waals surface area contributed by atoms with Gasteiger partial charge >= 0.3 is 0 Å². The van der Waals surface area contributed by atoms with Crippen LogP contribution in [0, 0.1) is 3.57 Å². The second-order valence-electron chi connectivity index (χ2n) is 3.81. The highest BCUT2D eigenvalue weighted by Gasteiger charge is 2.36. The molecule has 0 radical (unpaired) electrons. The number of nitrogens with zero attached hydrogens (tertiary/aromatic N) is 2. The molecule has 1 saturated carbocycles. The number of anilines is 1. The fourth-order valence-corrected chi connectivity index (χ4v) is 2.20. The molecular weight excluding hydrogens is 305 g/mol. The summed E-state index contributed by atoms with van der Waals surface area (Å²) in [4.78, 5) is 8.14. The second-order valence-corrected chi connectivity index (χ2v) is 4.98. The monoisotopic (exact) mass is 319 g/mol. The Labute approximate surface area is 103 Å². The molecule has 1 heterocycles. The maximum Gasteiger partial charge on any atom is 0.142 e. The minimum absolute atomic E-state index is 0.0357. The van der Waals surface area contributed by atoms with Gasteiger partial charge in [-0.25, -0.2) is 9.97 Å². The van der Waals surface area contributed by atoms with Crippen molar-refractivity contribution in [2.24, 2.45) is 0 Å². The number of nitrogens with one attached hydrogen (secondary N) is 1. The van der Waals surface area contributed by atoms with Gasteiger partial charge in [0.2, 0.25) is 0 Å². The summed E-state index contributed by atoms with van der Waals surface area (Å²) in [5.74, 6) is 0.897. The summed E-state index contributed by atoms with van der Waals surface area (Å²) in [7, 11) is 1.78. The summed E-state index contributed by atoms with van der Waals surface area (Å²) in [6.45, 7) is 0.830. The van der Waals surface area contributed by atoms with E-state index in [0.29, 0.717) is 0 Å². The van der Waals surface area contributed by atoms with Gasteiger partial charge in [-0.2, -0.15) is 0 Å². The molecule has 1 fully saturated rings. The molecule has 5 heteroatoms. The van der Waals surface area contributed by atoms with Crippen LogP contribution >= 0.6 is 22.6 Å². The summed E-state index contributed by atoms with van der Waals surface area (Å²) < 4.78 is 6.57. The molecule has 0 aromatic carbocycles. The molecule has 0 spiro atoms. The van der Waals surface area contributed by atoms with Gasteiger partial charge in [-0.1, -0.05) is 0 Å². The Hall–Kier alpha value is -0.430. The molecule has 2 rings (SSSR count). The normalized spacial score (nSPS) is 18.3. The van der Waals surface area contributed by atoms with Crippen LogP contribution < -0.4 is 5.32 Å². The number of aromatic nitrogens is 2. The SMILES string of the molecule is COC1(CNc2ncncc2I)CCC1. The molecule has 0 saturated heterocycles. The van der Waals surface area contributed by atoms with Gasteiger partial charge in [-0.05, 0) is 41.9 Å². The number of ether oxygens (including phenoxy) is 1. The van der Waals surface area contributed by atoms with Crippen LogP contribution in [0.1, 0.15) is 19.3 Å². The smallest absolute Gasteiger partial charge is 0.142 e. The minimum Gasteiger partial charge on any atom is -0.376 e. The van der Waals surface area contributed by atoms with Crippen molar-refractivity contribution in [1.82, 2.24) is 9.97 Å². The third-order valence-electron chi connectivity index (χ3n) is 2.94. The largest absolute Gasteiger partial charge is 0.376 e. The zero-order valence-corrected chi connectivity index (χ0v) is 10.8. The van der Waals surface area contributed by atoms with Crippen molar-refractivity contribution >= 4 is 28.4 Å². The van der Waals surface area contributed by atoms with Crippen LogP contribution in [0.25, 0.3) is 0 Å². The molecule has 0 bridgehead atoms. The van der Waals surface area contributed by atoms with Crippen molar-refractivity contribution in [2.75, 3.05) is 19.0 Å². The number of methoxy groups -OCH3 is 1. The van der Waals surface area contributed by atoms with E-state index in [1.807, 2.05) is 0 Å². The topological polar surface area (TPSA) is 47.0 Å². The van der Waals surface area contributed by atoms with Crippen molar-refractivity contribution < 1.29 is 4.74 Å². The van der Waals surface area contributed by atoms with E-state index < -0.39 is 0 Å². The van der Waals surface area contributed by atoms with E-state index >= 15 is 0 Å². The van der Waals surface area contributed by atoms with Crippen LogP contribution in [-0.2, 0) is 4.74 Å². The molecule has 0 atom stereocenters. The van der Waals surface area contributed by atoms with Crippen molar-refractivity contribution in [1.29, 1.82) is 0 Å². The van der Waals surface area contributed by atoms with Crippen molar-refractivity contribution in [3.63, 3.8) is 0 Å². The van der Waals surface area contributed by atoms with Gasteiger partial charge in [0, 0.05) is 19.9 Å². The molecule has 0 unspecified atom stereocenters. The molecule has 1 aromatic heterocycles. The van der Waals surface area contributed by atoms with Gasteiger partial charge in [0.25, 0.3) is 0 Å². The zero-order valence-electron chi connectivity index (χ0n) is 8.66. The Balaban J connectivity index is 1.95. The van der Waals surface area contributed by atoms with Gasteiger partial charge in [0.15, 0.2) is 0 Å². The average molecular weight is 319 g/mol. The van der Waals surface area contributed by atoms with Crippen LogP contribution in [0.3, 0.4) is 0 Å². The Morgan fingerprint density at radius 1 is 1.60 bits per heavy atom. The maximum absolute atomic E-state index is 5.53. The predicted octanol–water partition coefficient (Wildman–Crippen LogP) is 2.06. The van der Waals surface area contributed by atoms with Crippen LogP contribution in [0.2, 0.25) is 0 Å². The van der Waals surface area contributed by atoms with Crippen molar-refractivity contribution in [2.45, 2.75) is 24.9 Å². The number of hydrogen-bond acceptors (Lipinski definition) is 4. The van der Waals surface area contributed by atoms with E-state index in [9.17, 15) is 0 Å². The third kappa shape index (κ3) is 2.39. The maximum atomic E-state index is 5.53. The van der Waals surface area contributed by atoms with Gasteiger partial charge in [-0.15, -0.1) is 0 Å². The van der Waals surface area contributed by atoms with Crippen molar-refractivity contribution in [3.05, 3.63) is 16.1 Å². The number of rotatable bonds is 4. The Morgan fingerprint density at radius 2 is 2.40 bits per heavy atom. The summed E-state index contributed by atoms with van der Waals surface area (Å²) in [5, 5.41) is 3.32. The van der Waals surface area contributed by atoms with Crippen LogP contribution in [0.4, 0.5) is 5.82 Å². The van der Waals surface area contributed by atoms with E-state index in [0.717, 1.165) is 28.8 Å². The number of halogens is 1. The highest BCUT2D eigenvalue weighted by Crippen LogP contribution is 2.35. The summed E-state index contributed by atoms with van der Waals surface area (Å²) in [5.41, 5.74) is 0.0357. The molecule has 15 heavy (non-hydrogen) atoms. The quantitative estimate of drug-likeness (QED) is 0.863. The zero-order chi connectivity index (χ0) is 10.7. The summed E-state index contributed by atoms with van der Waals surface area (Å²) in [6, 6.07) is 0. The van der Waals surface area contributed by atoms with Crippen LogP contribution in [0.15, 0.2) is 12.5 Å². The lowest BCUT2D eigenvalue weighted by Crippen LogP contribution is -2.45. The first kappa shape index (κ1) is 11.1. The Kier molecular flexibility index (Phi) is 3.40. The fourth-order valence-electron chi connectivity index (χ4n) is 1.71. The van der Waals surface area contributed by atoms with Gasteiger partial charge in [0.05, 0.1) is 9.17 Å². The lowest BCUT2D eigenvalue weighted by atomic mass is 9.80. The van der Waals surface area contributed by atoms with Gasteiger partial charge < -0.3 is 10.1 Å².